The van der Waals surface area contributed by atoms with Crippen molar-refractivity contribution in [2.45, 2.75) is 19.0 Å². The van der Waals surface area contributed by atoms with Crippen LogP contribution in [0.2, 0.25) is 0 Å². The summed E-state index contributed by atoms with van der Waals surface area (Å²) in [5.41, 5.74) is -0.966. The van der Waals surface area contributed by atoms with Crippen molar-refractivity contribution in [2.24, 2.45) is 0 Å². The first-order valence-corrected chi connectivity index (χ1v) is 4.79. The predicted molar refractivity (Wildman–Crippen MR) is 51.8 cm³/mol. The van der Waals surface area contributed by atoms with E-state index < -0.39 is 11.9 Å². The molecule has 0 aliphatic carbocycles. The van der Waals surface area contributed by atoms with Gasteiger partial charge < -0.3 is 10.4 Å². The number of nitrogens with one attached hydrogen (secondary N) is 1. The molecule has 16 heavy (non-hydrogen) atoms. The molecule has 1 rings (SSSR count). The van der Waals surface area contributed by atoms with Crippen molar-refractivity contribution >= 4 is 5.95 Å². The average Bonchev–Trinajstić information content (AvgIpc) is 2.24. The van der Waals surface area contributed by atoms with E-state index in [1.165, 1.54) is 0 Å². The molecule has 0 amide bonds. The SMILES string of the molecule is OCCCCNc1nccc(C(F)(F)F)n1. The van der Waals surface area contributed by atoms with E-state index in [1.54, 1.807) is 0 Å². The molecule has 0 bridgehead atoms. The van der Waals surface area contributed by atoms with Gasteiger partial charge in [0, 0.05) is 19.3 Å². The molecule has 1 aromatic heterocycles. The highest BCUT2D eigenvalue weighted by Gasteiger charge is 2.32. The molecule has 0 saturated heterocycles. The van der Waals surface area contributed by atoms with Crippen LogP contribution >= 0.6 is 0 Å². The van der Waals surface area contributed by atoms with Gasteiger partial charge in [-0.25, -0.2) is 9.97 Å². The number of hydrogen-bond acceptors (Lipinski definition) is 4. The standard InChI is InChI=1S/C9H12F3N3O/c10-9(11,12)7-3-5-14-8(15-7)13-4-1-2-6-16/h3,5,16H,1-2,4,6H2,(H,13,14,15). The summed E-state index contributed by atoms with van der Waals surface area (Å²) in [6, 6.07) is 0.818. The first-order valence-electron chi connectivity index (χ1n) is 4.79. The molecule has 0 fully saturated rings. The van der Waals surface area contributed by atoms with Gasteiger partial charge in [-0.05, 0) is 18.9 Å². The van der Waals surface area contributed by atoms with Crippen molar-refractivity contribution in [2.75, 3.05) is 18.5 Å². The molecule has 0 radical (unpaired) electrons. The van der Waals surface area contributed by atoms with Gasteiger partial charge in [-0.1, -0.05) is 0 Å². The lowest BCUT2D eigenvalue weighted by Crippen LogP contribution is -2.12. The van der Waals surface area contributed by atoms with Crippen LogP contribution < -0.4 is 5.32 Å². The molecule has 1 heterocycles. The number of alkyl halides is 3. The number of nitrogens with zero attached hydrogens (tertiary/aromatic N) is 2. The van der Waals surface area contributed by atoms with Crippen molar-refractivity contribution in [1.82, 2.24) is 9.97 Å². The van der Waals surface area contributed by atoms with E-state index in [-0.39, 0.29) is 12.6 Å². The van der Waals surface area contributed by atoms with E-state index in [4.69, 9.17) is 5.11 Å². The second kappa shape index (κ2) is 5.64. The third-order valence-electron chi connectivity index (χ3n) is 1.81. The third-order valence-corrected chi connectivity index (χ3v) is 1.81. The second-order valence-electron chi connectivity index (χ2n) is 3.12. The minimum Gasteiger partial charge on any atom is -0.396 e. The lowest BCUT2D eigenvalue weighted by molar-refractivity contribution is -0.141. The summed E-state index contributed by atoms with van der Waals surface area (Å²) in [6.45, 7) is 0.493. The summed E-state index contributed by atoms with van der Waals surface area (Å²) < 4.78 is 36.8. The molecule has 1 aromatic rings. The van der Waals surface area contributed by atoms with Gasteiger partial charge >= 0.3 is 6.18 Å². The number of rotatable bonds is 5. The Kier molecular flexibility index (Phi) is 4.48. The van der Waals surface area contributed by atoms with E-state index in [1.807, 2.05) is 0 Å². The number of hydrogen-bond donors (Lipinski definition) is 2. The van der Waals surface area contributed by atoms with Crippen LogP contribution in [-0.4, -0.2) is 28.2 Å². The number of aromatic nitrogens is 2. The Balaban J connectivity index is 2.54. The minimum absolute atomic E-state index is 0.0484. The first kappa shape index (κ1) is 12.7. The summed E-state index contributed by atoms with van der Waals surface area (Å²) in [4.78, 5) is 7.00. The van der Waals surface area contributed by atoms with Gasteiger partial charge in [-0.2, -0.15) is 13.2 Å². The topological polar surface area (TPSA) is 58.0 Å². The van der Waals surface area contributed by atoms with Crippen LogP contribution in [0.1, 0.15) is 18.5 Å². The van der Waals surface area contributed by atoms with Crippen LogP contribution in [0.25, 0.3) is 0 Å². The zero-order valence-electron chi connectivity index (χ0n) is 8.46. The summed E-state index contributed by atoms with van der Waals surface area (Å²) in [6.07, 6.45) is -2.16. The fourth-order valence-electron chi connectivity index (χ4n) is 1.04. The van der Waals surface area contributed by atoms with Gasteiger partial charge in [0.2, 0.25) is 5.95 Å². The Labute approximate surface area is 90.5 Å². The fourth-order valence-corrected chi connectivity index (χ4v) is 1.04. The van der Waals surface area contributed by atoms with E-state index in [0.717, 1.165) is 12.3 Å². The molecule has 0 aliphatic rings. The molecule has 0 aliphatic heterocycles. The molecule has 4 nitrogen and oxygen atoms in total. The van der Waals surface area contributed by atoms with Crippen molar-refractivity contribution < 1.29 is 18.3 Å². The molecule has 7 heteroatoms. The Hall–Kier alpha value is -1.37. The number of unbranched alkanes of at least 4 members (excludes halogenated alkanes) is 1. The van der Waals surface area contributed by atoms with Crippen LogP contribution in [-0.2, 0) is 6.18 Å². The van der Waals surface area contributed by atoms with Crippen LogP contribution in [0, 0.1) is 0 Å². The van der Waals surface area contributed by atoms with E-state index in [9.17, 15) is 13.2 Å². The maximum Gasteiger partial charge on any atom is 0.433 e. The zero-order chi connectivity index (χ0) is 12.0. The lowest BCUT2D eigenvalue weighted by Gasteiger charge is -2.08. The van der Waals surface area contributed by atoms with Crippen molar-refractivity contribution in [1.29, 1.82) is 0 Å². The minimum atomic E-state index is -4.45. The molecule has 2 N–H and O–H groups in total. The summed E-state index contributed by atoms with van der Waals surface area (Å²) in [5, 5.41) is 11.2. The van der Waals surface area contributed by atoms with Crippen LogP contribution in [0.5, 0.6) is 0 Å². The average molecular weight is 235 g/mol. The lowest BCUT2D eigenvalue weighted by atomic mass is 10.3. The Morgan fingerprint density at radius 3 is 2.69 bits per heavy atom. The highest BCUT2D eigenvalue weighted by Crippen LogP contribution is 2.27. The highest BCUT2D eigenvalue weighted by atomic mass is 19.4. The van der Waals surface area contributed by atoms with Crippen molar-refractivity contribution in [3.8, 4) is 0 Å². The molecular weight excluding hydrogens is 223 g/mol. The van der Waals surface area contributed by atoms with Crippen LogP contribution in [0.15, 0.2) is 12.3 Å². The van der Waals surface area contributed by atoms with E-state index in [2.05, 4.69) is 15.3 Å². The Morgan fingerprint density at radius 2 is 2.06 bits per heavy atom. The maximum atomic E-state index is 12.3. The van der Waals surface area contributed by atoms with Gasteiger partial charge in [0.1, 0.15) is 5.69 Å². The number of anilines is 1. The van der Waals surface area contributed by atoms with E-state index in [0.29, 0.717) is 19.4 Å². The molecule has 0 unspecified atom stereocenters. The van der Waals surface area contributed by atoms with Gasteiger partial charge in [0.25, 0.3) is 0 Å². The summed E-state index contributed by atoms with van der Waals surface area (Å²) in [5.74, 6) is -0.0484. The van der Waals surface area contributed by atoms with Crippen molar-refractivity contribution in [3.63, 3.8) is 0 Å². The fraction of sp³-hybridized carbons (Fsp3) is 0.556. The number of halogens is 3. The molecule has 0 atom stereocenters. The maximum absolute atomic E-state index is 12.3. The van der Waals surface area contributed by atoms with Gasteiger partial charge in [0.15, 0.2) is 0 Å². The molecule has 90 valence electrons. The van der Waals surface area contributed by atoms with Crippen LogP contribution in [0.3, 0.4) is 0 Å². The molecule has 0 saturated carbocycles. The highest BCUT2D eigenvalue weighted by molar-refractivity contribution is 5.25. The van der Waals surface area contributed by atoms with Crippen molar-refractivity contribution in [3.05, 3.63) is 18.0 Å². The third kappa shape index (κ3) is 4.01. The molecule has 0 aromatic carbocycles. The monoisotopic (exact) mass is 235 g/mol. The number of aliphatic hydroxyl groups excluding tert-OH is 1. The molecule has 0 spiro atoms. The second-order valence-corrected chi connectivity index (χ2v) is 3.12. The molecular formula is C9H12F3N3O. The smallest absolute Gasteiger partial charge is 0.396 e. The quantitative estimate of drug-likeness (QED) is 0.762. The van der Waals surface area contributed by atoms with E-state index >= 15 is 0 Å². The van der Waals surface area contributed by atoms with Gasteiger partial charge in [0.05, 0.1) is 0 Å². The predicted octanol–water partition coefficient (Wildman–Crippen LogP) is 1.68. The first-order chi connectivity index (χ1) is 7.54. The van der Waals surface area contributed by atoms with Gasteiger partial charge in [-0.15, -0.1) is 0 Å². The normalized spacial score (nSPS) is 11.5. The van der Waals surface area contributed by atoms with Crippen LogP contribution in [0.4, 0.5) is 19.1 Å². The summed E-state index contributed by atoms with van der Waals surface area (Å²) in [7, 11) is 0. The number of aliphatic hydroxyl groups is 1. The largest absolute Gasteiger partial charge is 0.433 e. The van der Waals surface area contributed by atoms with Gasteiger partial charge in [-0.3, -0.25) is 0 Å². The zero-order valence-corrected chi connectivity index (χ0v) is 8.46. The Morgan fingerprint density at radius 1 is 1.31 bits per heavy atom. The summed E-state index contributed by atoms with van der Waals surface area (Å²) >= 11 is 0. The Bertz CT molecular complexity index is 330.